The number of benzene rings is 2. The molecule has 0 unspecified atom stereocenters. The predicted molar refractivity (Wildman–Crippen MR) is 119 cm³/mol. The van der Waals surface area contributed by atoms with Crippen molar-refractivity contribution >= 4 is 29.0 Å². The van der Waals surface area contributed by atoms with Gasteiger partial charge in [0, 0.05) is 22.7 Å². The third-order valence-corrected chi connectivity index (χ3v) is 4.92. The number of para-hydroxylation sites is 2. The van der Waals surface area contributed by atoms with E-state index in [9.17, 15) is 9.59 Å². The number of carbonyl (C=O) groups is 2. The normalized spacial score (nSPS) is 11.1. The minimum Gasteiger partial charge on any atom is -0.496 e. The highest BCUT2D eigenvalue weighted by Crippen LogP contribution is 2.22. The molecule has 0 fully saturated rings. The Bertz CT molecular complexity index is 1300. The van der Waals surface area contributed by atoms with Crippen LogP contribution in [0.15, 0.2) is 76.4 Å². The van der Waals surface area contributed by atoms with Crippen LogP contribution in [0.1, 0.15) is 32.2 Å². The number of hydrogen-bond donors (Lipinski definition) is 1. The van der Waals surface area contributed by atoms with E-state index in [0.29, 0.717) is 23.6 Å². The Morgan fingerprint density at radius 2 is 1.84 bits per heavy atom. The van der Waals surface area contributed by atoms with Crippen molar-refractivity contribution in [1.29, 1.82) is 0 Å². The van der Waals surface area contributed by atoms with Gasteiger partial charge in [-0.1, -0.05) is 30.3 Å². The maximum atomic E-state index is 12.4. The lowest BCUT2D eigenvalue weighted by Crippen LogP contribution is -2.18. The number of amides is 1. The van der Waals surface area contributed by atoms with Crippen LogP contribution in [0.2, 0.25) is 0 Å². The second kappa shape index (κ2) is 9.22. The number of rotatable bonds is 7. The summed E-state index contributed by atoms with van der Waals surface area (Å²) < 4.78 is 17.5. The lowest BCUT2D eigenvalue weighted by Gasteiger charge is -2.05. The molecule has 4 rings (SSSR count). The van der Waals surface area contributed by atoms with E-state index in [1.807, 2.05) is 35.0 Å². The Kier molecular flexibility index (Phi) is 6.03. The fourth-order valence-electron chi connectivity index (χ4n) is 3.40. The smallest absolute Gasteiger partial charge is 0.373 e. The average molecular weight is 431 g/mol. The third kappa shape index (κ3) is 4.24. The standard InChI is InChI=1S/C24H21N3O5/c1-30-21-10-6-4-8-19(21)23(28)26-25-13-16-14-27(20-9-5-3-7-18(16)20)15-17-11-12-22(32-17)24(29)31-2/h3-14H,15H2,1-2H3,(H,26,28)/b25-13-. The van der Waals surface area contributed by atoms with Gasteiger partial charge in [0.15, 0.2) is 0 Å². The van der Waals surface area contributed by atoms with Crippen LogP contribution in [0.25, 0.3) is 10.9 Å². The molecule has 2 heterocycles. The molecule has 0 atom stereocenters. The van der Waals surface area contributed by atoms with Gasteiger partial charge in [0.05, 0.1) is 32.5 Å². The molecule has 0 aliphatic heterocycles. The van der Waals surface area contributed by atoms with Crippen molar-refractivity contribution in [1.82, 2.24) is 9.99 Å². The number of fused-ring (bicyclic) bond motifs is 1. The first kappa shape index (κ1) is 20.9. The van der Waals surface area contributed by atoms with E-state index in [1.54, 1.807) is 42.6 Å². The fourth-order valence-corrected chi connectivity index (χ4v) is 3.40. The summed E-state index contributed by atoms with van der Waals surface area (Å²) in [7, 11) is 2.82. The van der Waals surface area contributed by atoms with E-state index in [1.165, 1.54) is 14.2 Å². The van der Waals surface area contributed by atoms with Crippen LogP contribution in [0, 0.1) is 0 Å². The first-order chi connectivity index (χ1) is 15.6. The molecule has 8 nitrogen and oxygen atoms in total. The molecule has 2 aromatic carbocycles. The van der Waals surface area contributed by atoms with E-state index >= 15 is 0 Å². The fraction of sp³-hybridized carbons (Fsp3) is 0.125. The van der Waals surface area contributed by atoms with E-state index < -0.39 is 5.97 Å². The summed E-state index contributed by atoms with van der Waals surface area (Å²) in [6.45, 7) is 0.416. The van der Waals surface area contributed by atoms with Crippen molar-refractivity contribution in [3.05, 3.63) is 89.5 Å². The highest BCUT2D eigenvalue weighted by molar-refractivity contribution is 6.01. The van der Waals surface area contributed by atoms with Crippen LogP contribution in [0.4, 0.5) is 0 Å². The highest BCUT2D eigenvalue weighted by Gasteiger charge is 2.14. The minimum absolute atomic E-state index is 0.153. The summed E-state index contributed by atoms with van der Waals surface area (Å²) in [6, 6.07) is 18.1. The largest absolute Gasteiger partial charge is 0.496 e. The van der Waals surface area contributed by atoms with Gasteiger partial charge < -0.3 is 18.5 Å². The van der Waals surface area contributed by atoms with Gasteiger partial charge in [0.25, 0.3) is 5.91 Å². The van der Waals surface area contributed by atoms with Crippen LogP contribution in [0.3, 0.4) is 0 Å². The van der Waals surface area contributed by atoms with Crippen LogP contribution in [-0.2, 0) is 11.3 Å². The van der Waals surface area contributed by atoms with Gasteiger partial charge in [-0.15, -0.1) is 0 Å². The van der Waals surface area contributed by atoms with Gasteiger partial charge in [-0.25, -0.2) is 10.2 Å². The molecule has 0 saturated heterocycles. The summed E-state index contributed by atoms with van der Waals surface area (Å²) in [6.07, 6.45) is 3.50. The molecule has 0 spiro atoms. The van der Waals surface area contributed by atoms with Crippen LogP contribution < -0.4 is 10.2 Å². The number of nitrogens with zero attached hydrogens (tertiary/aromatic N) is 2. The van der Waals surface area contributed by atoms with Crippen molar-refractivity contribution in [3.63, 3.8) is 0 Å². The molecule has 1 N–H and O–H groups in total. The van der Waals surface area contributed by atoms with E-state index in [4.69, 9.17) is 9.15 Å². The molecule has 1 amide bonds. The summed E-state index contributed by atoms with van der Waals surface area (Å²) in [5.41, 5.74) is 4.72. The van der Waals surface area contributed by atoms with Gasteiger partial charge in [-0.3, -0.25) is 4.79 Å². The predicted octanol–water partition coefficient (Wildman–Crippen LogP) is 3.84. The summed E-state index contributed by atoms with van der Waals surface area (Å²) >= 11 is 0. The molecule has 2 aromatic heterocycles. The number of carbonyl (C=O) groups excluding carboxylic acids is 2. The Balaban J connectivity index is 1.55. The number of methoxy groups -OCH3 is 2. The molecule has 8 heteroatoms. The molecule has 0 bridgehead atoms. The van der Waals surface area contributed by atoms with Crippen molar-refractivity contribution in [2.75, 3.05) is 14.2 Å². The molecule has 0 aliphatic carbocycles. The Morgan fingerprint density at radius 3 is 2.66 bits per heavy atom. The van der Waals surface area contributed by atoms with Gasteiger partial charge in [-0.05, 0) is 30.3 Å². The maximum absolute atomic E-state index is 12.4. The number of esters is 1. The lowest BCUT2D eigenvalue weighted by atomic mass is 10.2. The summed E-state index contributed by atoms with van der Waals surface area (Å²) in [5, 5.41) is 5.08. The molecule has 0 radical (unpaired) electrons. The van der Waals surface area contributed by atoms with Gasteiger partial charge in [0.2, 0.25) is 5.76 Å². The quantitative estimate of drug-likeness (QED) is 0.273. The van der Waals surface area contributed by atoms with E-state index in [0.717, 1.165) is 16.5 Å². The summed E-state index contributed by atoms with van der Waals surface area (Å²) in [5.74, 6) is 0.348. The van der Waals surface area contributed by atoms with Gasteiger partial charge >= 0.3 is 5.97 Å². The molecular formula is C24H21N3O5. The maximum Gasteiger partial charge on any atom is 0.373 e. The minimum atomic E-state index is -0.521. The molecule has 0 saturated carbocycles. The summed E-state index contributed by atoms with van der Waals surface area (Å²) in [4.78, 5) is 24.1. The Morgan fingerprint density at radius 1 is 1.06 bits per heavy atom. The zero-order chi connectivity index (χ0) is 22.5. The zero-order valence-corrected chi connectivity index (χ0v) is 17.6. The first-order valence-electron chi connectivity index (χ1n) is 9.82. The molecule has 4 aromatic rings. The van der Waals surface area contributed by atoms with Crippen LogP contribution in [0.5, 0.6) is 5.75 Å². The monoisotopic (exact) mass is 431 g/mol. The lowest BCUT2D eigenvalue weighted by molar-refractivity contribution is 0.0562. The number of hydrazone groups is 1. The molecule has 0 aliphatic rings. The number of nitrogens with one attached hydrogen (secondary N) is 1. The number of ether oxygens (including phenoxy) is 2. The Labute approximate surface area is 184 Å². The second-order valence-corrected chi connectivity index (χ2v) is 6.89. The van der Waals surface area contributed by atoms with E-state index in [2.05, 4.69) is 15.3 Å². The van der Waals surface area contributed by atoms with Crippen LogP contribution >= 0.6 is 0 Å². The Hall–Kier alpha value is -4.33. The van der Waals surface area contributed by atoms with Gasteiger partial charge in [-0.2, -0.15) is 5.10 Å². The van der Waals surface area contributed by atoms with Crippen molar-refractivity contribution in [3.8, 4) is 5.75 Å². The van der Waals surface area contributed by atoms with Crippen molar-refractivity contribution in [2.24, 2.45) is 5.10 Å². The van der Waals surface area contributed by atoms with Gasteiger partial charge in [0.1, 0.15) is 11.5 Å². The molecule has 32 heavy (non-hydrogen) atoms. The van der Waals surface area contributed by atoms with Crippen molar-refractivity contribution in [2.45, 2.75) is 6.54 Å². The third-order valence-electron chi connectivity index (χ3n) is 4.92. The molecule has 162 valence electrons. The second-order valence-electron chi connectivity index (χ2n) is 6.89. The van der Waals surface area contributed by atoms with Crippen LogP contribution in [-0.4, -0.2) is 36.9 Å². The zero-order valence-electron chi connectivity index (χ0n) is 17.6. The number of aromatic nitrogens is 1. The number of hydrogen-bond acceptors (Lipinski definition) is 6. The highest BCUT2D eigenvalue weighted by atomic mass is 16.5. The average Bonchev–Trinajstić information content (AvgIpc) is 3.44. The van der Waals surface area contributed by atoms with E-state index in [-0.39, 0.29) is 11.7 Å². The SMILES string of the molecule is COC(=O)c1ccc(Cn2cc(/C=N\NC(=O)c3ccccc3OC)c3ccccc32)o1. The van der Waals surface area contributed by atoms with Crippen molar-refractivity contribution < 1.29 is 23.5 Å². The first-order valence-corrected chi connectivity index (χ1v) is 9.82. The topological polar surface area (TPSA) is 95.1 Å². The molecular weight excluding hydrogens is 410 g/mol. The number of furan rings is 1.